The molecule has 0 aliphatic rings. The number of hydrogen-bond acceptors (Lipinski definition) is 5. The van der Waals surface area contributed by atoms with Crippen molar-refractivity contribution in [1.29, 1.82) is 0 Å². The van der Waals surface area contributed by atoms with Gasteiger partial charge < -0.3 is 24.7 Å². The average molecular weight is 266 g/mol. The number of amides is 1. The van der Waals surface area contributed by atoms with Crippen molar-refractivity contribution in [3.63, 3.8) is 0 Å². The highest BCUT2D eigenvalue weighted by atomic mass is 16.5. The summed E-state index contributed by atoms with van der Waals surface area (Å²) < 4.78 is 10.3. The molecule has 6 heteroatoms. The van der Waals surface area contributed by atoms with E-state index in [-0.39, 0.29) is 25.3 Å². The summed E-state index contributed by atoms with van der Waals surface area (Å²) in [5.41, 5.74) is 0.753. The van der Waals surface area contributed by atoms with Gasteiger partial charge in [0.2, 0.25) is 5.91 Å². The summed E-state index contributed by atoms with van der Waals surface area (Å²) in [7, 11) is 3.08. The molecule has 0 atom stereocenters. The van der Waals surface area contributed by atoms with E-state index in [1.807, 2.05) is 0 Å². The molecular formula is C13H16NO5-. The van der Waals surface area contributed by atoms with Crippen LogP contribution in [0.15, 0.2) is 18.2 Å². The summed E-state index contributed by atoms with van der Waals surface area (Å²) >= 11 is 0. The first kappa shape index (κ1) is 14.8. The molecule has 0 aromatic heterocycles. The Kier molecular flexibility index (Phi) is 5.66. The van der Waals surface area contributed by atoms with Crippen molar-refractivity contribution in [1.82, 2.24) is 5.32 Å². The van der Waals surface area contributed by atoms with Crippen molar-refractivity contribution in [2.75, 3.05) is 14.2 Å². The zero-order valence-electron chi connectivity index (χ0n) is 10.9. The van der Waals surface area contributed by atoms with E-state index in [4.69, 9.17) is 9.47 Å². The molecule has 0 spiro atoms. The molecule has 19 heavy (non-hydrogen) atoms. The minimum Gasteiger partial charge on any atom is -0.550 e. The maximum Gasteiger partial charge on any atom is 0.220 e. The van der Waals surface area contributed by atoms with E-state index in [0.29, 0.717) is 11.5 Å². The number of carboxylic acid groups (broad SMARTS) is 1. The van der Waals surface area contributed by atoms with Crippen molar-refractivity contribution in [2.24, 2.45) is 0 Å². The summed E-state index contributed by atoms with van der Waals surface area (Å²) in [4.78, 5) is 21.6. The fraction of sp³-hybridized carbons (Fsp3) is 0.385. The highest BCUT2D eigenvalue weighted by molar-refractivity contribution is 5.80. The van der Waals surface area contributed by atoms with Gasteiger partial charge in [-0.1, -0.05) is 0 Å². The lowest BCUT2D eigenvalue weighted by atomic mass is 10.2. The number of carboxylic acids is 1. The number of carbonyl (C=O) groups excluding carboxylic acids is 2. The van der Waals surface area contributed by atoms with Crippen LogP contribution in [0.4, 0.5) is 0 Å². The zero-order valence-corrected chi connectivity index (χ0v) is 10.9. The van der Waals surface area contributed by atoms with Gasteiger partial charge in [0, 0.05) is 24.5 Å². The van der Waals surface area contributed by atoms with Crippen LogP contribution in [0.1, 0.15) is 18.4 Å². The fourth-order valence-corrected chi connectivity index (χ4v) is 1.52. The Bertz CT molecular complexity index is 458. The number of benzene rings is 1. The first-order valence-corrected chi connectivity index (χ1v) is 5.74. The highest BCUT2D eigenvalue weighted by Crippen LogP contribution is 2.23. The molecule has 0 saturated carbocycles. The van der Waals surface area contributed by atoms with Gasteiger partial charge in [-0.25, -0.2) is 0 Å². The molecule has 6 nitrogen and oxygen atoms in total. The second-order valence-corrected chi connectivity index (χ2v) is 3.83. The van der Waals surface area contributed by atoms with Gasteiger partial charge in [-0.05, 0) is 24.6 Å². The molecule has 1 N–H and O–H groups in total. The van der Waals surface area contributed by atoms with Gasteiger partial charge in [0.1, 0.15) is 11.5 Å². The Labute approximate surface area is 111 Å². The SMILES string of the molecule is COc1ccc(OC)c(CNC(=O)CCC(=O)[O-])c1. The van der Waals surface area contributed by atoms with Crippen molar-refractivity contribution in [2.45, 2.75) is 19.4 Å². The molecule has 0 bridgehead atoms. The zero-order chi connectivity index (χ0) is 14.3. The van der Waals surface area contributed by atoms with E-state index < -0.39 is 5.97 Å². The van der Waals surface area contributed by atoms with Crippen LogP contribution in [0.25, 0.3) is 0 Å². The Morgan fingerprint density at radius 1 is 1.21 bits per heavy atom. The third-order valence-electron chi connectivity index (χ3n) is 2.52. The number of ether oxygens (including phenoxy) is 2. The van der Waals surface area contributed by atoms with Crippen LogP contribution in [0.3, 0.4) is 0 Å². The van der Waals surface area contributed by atoms with Gasteiger partial charge in [-0.2, -0.15) is 0 Å². The Hall–Kier alpha value is -2.24. The second kappa shape index (κ2) is 7.25. The quantitative estimate of drug-likeness (QED) is 0.741. The van der Waals surface area contributed by atoms with Crippen molar-refractivity contribution >= 4 is 11.9 Å². The largest absolute Gasteiger partial charge is 0.550 e. The van der Waals surface area contributed by atoms with Crippen LogP contribution in [0.5, 0.6) is 11.5 Å². The number of methoxy groups -OCH3 is 2. The van der Waals surface area contributed by atoms with Gasteiger partial charge >= 0.3 is 0 Å². The second-order valence-electron chi connectivity index (χ2n) is 3.83. The van der Waals surface area contributed by atoms with Crippen LogP contribution < -0.4 is 19.9 Å². The Balaban J connectivity index is 2.60. The normalized spacial score (nSPS) is 9.79. The maximum atomic E-state index is 11.4. The summed E-state index contributed by atoms with van der Waals surface area (Å²) in [6.45, 7) is 0.242. The highest BCUT2D eigenvalue weighted by Gasteiger charge is 2.07. The number of aliphatic carboxylic acids is 1. The molecule has 0 radical (unpaired) electrons. The van der Waals surface area contributed by atoms with Crippen LogP contribution in [0.2, 0.25) is 0 Å². The predicted octanol–water partition coefficient (Wildman–Crippen LogP) is -0.150. The molecule has 0 unspecified atom stereocenters. The van der Waals surface area contributed by atoms with E-state index in [2.05, 4.69) is 5.32 Å². The first-order chi connectivity index (χ1) is 9.06. The topological polar surface area (TPSA) is 87.7 Å². The van der Waals surface area contributed by atoms with E-state index in [1.165, 1.54) is 7.11 Å². The van der Waals surface area contributed by atoms with Gasteiger partial charge in [0.25, 0.3) is 0 Å². The maximum absolute atomic E-state index is 11.4. The predicted molar refractivity (Wildman–Crippen MR) is 65.6 cm³/mol. The number of carbonyl (C=O) groups is 2. The van der Waals surface area contributed by atoms with Crippen molar-refractivity contribution < 1.29 is 24.2 Å². The fourth-order valence-electron chi connectivity index (χ4n) is 1.52. The van der Waals surface area contributed by atoms with Gasteiger partial charge in [0.05, 0.1) is 14.2 Å². The minimum atomic E-state index is -1.24. The third-order valence-corrected chi connectivity index (χ3v) is 2.52. The summed E-state index contributed by atoms with van der Waals surface area (Å²) in [6, 6.07) is 5.24. The lowest BCUT2D eigenvalue weighted by Crippen LogP contribution is -2.27. The van der Waals surface area contributed by atoms with Crippen LogP contribution in [-0.2, 0) is 16.1 Å². The van der Waals surface area contributed by atoms with Gasteiger partial charge in [-0.15, -0.1) is 0 Å². The molecule has 1 amide bonds. The standard InChI is InChI=1S/C13H17NO5/c1-18-10-3-4-11(19-2)9(7-10)8-14-12(15)5-6-13(16)17/h3-4,7H,5-6,8H2,1-2H3,(H,14,15)(H,16,17)/p-1. The van der Waals surface area contributed by atoms with Crippen LogP contribution >= 0.6 is 0 Å². The average Bonchev–Trinajstić information content (AvgIpc) is 2.42. The smallest absolute Gasteiger partial charge is 0.220 e. The monoisotopic (exact) mass is 266 g/mol. The minimum absolute atomic E-state index is 0.103. The molecule has 0 fully saturated rings. The van der Waals surface area contributed by atoms with Gasteiger partial charge in [0.15, 0.2) is 0 Å². The number of nitrogens with one attached hydrogen (secondary N) is 1. The molecule has 0 heterocycles. The van der Waals surface area contributed by atoms with E-state index in [1.54, 1.807) is 25.3 Å². The molecule has 0 aliphatic heterocycles. The summed E-state index contributed by atoms with van der Waals surface area (Å²) in [6.07, 6.45) is -0.393. The third kappa shape index (κ3) is 4.87. The lowest BCUT2D eigenvalue weighted by Gasteiger charge is -2.11. The van der Waals surface area contributed by atoms with E-state index in [9.17, 15) is 14.7 Å². The lowest BCUT2D eigenvalue weighted by molar-refractivity contribution is -0.305. The molecular weight excluding hydrogens is 250 g/mol. The molecule has 1 aromatic rings. The van der Waals surface area contributed by atoms with Crippen molar-refractivity contribution in [3.8, 4) is 11.5 Å². The van der Waals surface area contributed by atoms with Gasteiger partial charge in [-0.3, -0.25) is 4.79 Å². The number of hydrogen-bond donors (Lipinski definition) is 1. The molecule has 0 aliphatic carbocycles. The Morgan fingerprint density at radius 2 is 1.95 bits per heavy atom. The first-order valence-electron chi connectivity index (χ1n) is 5.74. The molecule has 0 saturated heterocycles. The number of rotatable bonds is 7. The molecule has 1 rings (SSSR count). The van der Waals surface area contributed by atoms with Crippen LogP contribution in [0, 0.1) is 0 Å². The van der Waals surface area contributed by atoms with Crippen LogP contribution in [-0.4, -0.2) is 26.1 Å². The molecule has 104 valence electrons. The van der Waals surface area contributed by atoms with Crippen molar-refractivity contribution in [3.05, 3.63) is 23.8 Å². The molecule has 1 aromatic carbocycles. The van der Waals surface area contributed by atoms with E-state index in [0.717, 1.165) is 5.56 Å². The summed E-state index contributed by atoms with van der Waals surface area (Å²) in [5.74, 6) is -0.316. The summed E-state index contributed by atoms with van der Waals surface area (Å²) in [5, 5.41) is 12.8. The van der Waals surface area contributed by atoms with E-state index >= 15 is 0 Å². The Morgan fingerprint density at radius 3 is 2.53 bits per heavy atom.